The summed E-state index contributed by atoms with van der Waals surface area (Å²) < 4.78 is 0. The molecule has 0 aromatic carbocycles. The Balaban J connectivity index is 1.83. The van der Waals surface area contributed by atoms with E-state index in [2.05, 4.69) is 28.9 Å². The molecule has 17 heavy (non-hydrogen) atoms. The molecule has 0 bridgehead atoms. The molecule has 1 spiro atoms. The third-order valence-corrected chi connectivity index (χ3v) is 5.37. The maximum Gasteiger partial charge on any atom is 0.0334 e. The summed E-state index contributed by atoms with van der Waals surface area (Å²) in [5, 5.41) is 3.63. The van der Waals surface area contributed by atoms with Crippen LogP contribution in [0.2, 0.25) is 0 Å². The lowest BCUT2D eigenvalue weighted by atomic mass is 9.79. The van der Waals surface area contributed by atoms with Gasteiger partial charge in [-0.2, -0.15) is 11.8 Å². The minimum absolute atomic E-state index is 0.535. The molecular formula is C14H28N2S. The minimum atomic E-state index is 0.535. The lowest BCUT2D eigenvalue weighted by Crippen LogP contribution is -2.62. The number of rotatable bonds is 5. The molecule has 1 saturated carbocycles. The minimum Gasteiger partial charge on any atom is -0.314 e. The van der Waals surface area contributed by atoms with E-state index < -0.39 is 0 Å². The van der Waals surface area contributed by atoms with Crippen LogP contribution in [0, 0.1) is 0 Å². The van der Waals surface area contributed by atoms with Crippen molar-refractivity contribution in [1.82, 2.24) is 10.2 Å². The monoisotopic (exact) mass is 256 g/mol. The molecule has 0 radical (unpaired) electrons. The molecule has 0 aromatic heterocycles. The Morgan fingerprint density at radius 2 is 2.06 bits per heavy atom. The second-order valence-electron chi connectivity index (χ2n) is 5.50. The van der Waals surface area contributed by atoms with Crippen LogP contribution < -0.4 is 5.32 Å². The van der Waals surface area contributed by atoms with Crippen LogP contribution in [0.3, 0.4) is 0 Å². The second-order valence-corrected chi connectivity index (χ2v) is 6.89. The van der Waals surface area contributed by atoms with Crippen LogP contribution in [0.15, 0.2) is 0 Å². The summed E-state index contributed by atoms with van der Waals surface area (Å²) in [6.45, 7) is 7.31. The highest BCUT2D eigenvalue weighted by Crippen LogP contribution is 2.34. The van der Waals surface area contributed by atoms with E-state index in [1.54, 1.807) is 0 Å². The van der Waals surface area contributed by atoms with E-state index in [1.807, 2.05) is 0 Å². The van der Waals surface area contributed by atoms with Crippen LogP contribution in [-0.2, 0) is 0 Å². The third kappa shape index (κ3) is 3.62. The zero-order valence-electron chi connectivity index (χ0n) is 11.3. The van der Waals surface area contributed by atoms with Crippen LogP contribution >= 0.6 is 11.8 Å². The molecule has 2 rings (SSSR count). The van der Waals surface area contributed by atoms with E-state index in [-0.39, 0.29) is 0 Å². The summed E-state index contributed by atoms with van der Waals surface area (Å²) >= 11 is 2.09. The lowest BCUT2D eigenvalue weighted by molar-refractivity contribution is 0.0281. The highest BCUT2D eigenvalue weighted by Gasteiger charge is 2.38. The summed E-state index contributed by atoms with van der Waals surface area (Å²) in [4.78, 5) is 2.82. The van der Waals surface area contributed by atoms with E-state index in [0.29, 0.717) is 5.54 Å². The summed E-state index contributed by atoms with van der Waals surface area (Å²) in [7, 11) is 0. The maximum absolute atomic E-state index is 3.63. The van der Waals surface area contributed by atoms with Crippen molar-refractivity contribution in [3.8, 4) is 0 Å². The van der Waals surface area contributed by atoms with Gasteiger partial charge in [0.15, 0.2) is 0 Å². The molecule has 1 saturated heterocycles. The van der Waals surface area contributed by atoms with Crippen LogP contribution in [0.1, 0.15) is 45.4 Å². The Labute approximate surface area is 111 Å². The van der Waals surface area contributed by atoms with Gasteiger partial charge in [0.25, 0.3) is 0 Å². The molecule has 0 atom stereocenters. The molecule has 2 nitrogen and oxygen atoms in total. The molecule has 3 heteroatoms. The second kappa shape index (κ2) is 7.01. The zero-order valence-corrected chi connectivity index (χ0v) is 12.2. The predicted octanol–water partition coefficient (Wildman–Crippen LogP) is 2.74. The Bertz CT molecular complexity index is 206. The zero-order chi connectivity index (χ0) is 12.0. The van der Waals surface area contributed by atoms with Crippen molar-refractivity contribution in [3.63, 3.8) is 0 Å². The first-order chi connectivity index (χ1) is 8.37. The fourth-order valence-electron chi connectivity index (χ4n) is 3.44. The van der Waals surface area contributed by atoms with Crippen molar-refractivity contribution in [2.45, 2.75) is 51.0 Å². The summed E-state index contributed by atoms with van der Waals surface area (Å²) in [5.74, 6) is 2.61. The van der Waals surface area contributed by atoms with Gasteiger partial charge < -0.3 is 5.32 Å². The highest BCUT2D eigenvalue weighted by atomic mass is 32.2. The van der Waals surface area contributed by atoms with Crippen molar-refractivity contribution in [1.29, 1.82) is 0 Å². The van der Waals surface area contributed by atoms with Crippen LogP contribution in [0.25, 0.3) is 0 Å². The molecule has 0 aromatic rings. The SMILES string of the molecule is CCSCCCN1CCNCC12CCCCC2. The van der Waals surface area contributed by atoms with E-state index in [4.69, 9.17) is 0 Å². The van der Waals surface area contributed by atoms with Gasteiger partial charge in [0.1, 0.15) is 0 Å². The van der Waals surface area contributed by atoms with Gasteiger partial charge in [-0.05, 0) is 37.3 Å². The van der Waals surface area contributed by atoms with Crippen LogP contribution in [-0.4, -0.2) is 48.1 Å². The van der Waals surface area contributed by atoms with Crippen LogP contribution in [0.5, 0.6) is 0 Å². The average Bonchev–Trinajstić information content (AvgIpc) is 2.38. The van der Waals surface area contributed by atoms with Crippen molar-refractivity contribution >= 4 is 11.8 Å². The number of thioether (sulfide) groups is 1. The normalized spacial score (nSPS) is 25.2. The van der Waals surface area contributed by atoms with Crippen molar-refractivity contribution in [2.24, 2.45) is 0 Å². The van der Waals surface area contributed by atoms with E-state index in [1.165, 1.54) is 76.2 Å². The number of hydrogen-bond donors (Lipinski definition) is 1. The molecule has 0 amide bonds. The quantitative estimate of drug-likeness (QED) is 0.762. The maximum atomic E-state index is 3.63. The van der Waals surface area contributed by atoms with Crippen molar-refractivity contribution in [2.75, 3.05) is 37.7 Å². The van der Waals surface area contributed by atoms with E-state index in [0.717, 1.165) is 0 Å². The summed E-state index contributed by atoms with van der Waals surface area (Å²) in [5.41, 5.74) is 0.535. The van der Waals surface area contributed by atoms with Gasteiger partial charge in [-0.25, -0.2) is 0 Å². The fraction of sp³-hybridized carbons (Fsp3) is 1.00. The van der Waals surface area contributed by atoms with Gasteiger partial charge in [0.2, 0.25) is 0 Å². The fourth-order valence-corrected chi connectivity index (χ4v) is 4.06. The third-order valence-electron chi connectivity index (χ3n) is 4.39. The predicted molar refractivity (Wildman–Crippen MR) is 77.9 cm³/mol. The Hall–Kier alpha value is 0.270. The average molecular weight is 256 g/mol. The molecule has 1 aliphatic heterocycles. The number of piperazine rings is 1. The molecule has 2 aliphatic rings. The molecule has 100 valence electrons. The van der Waals surface area contributed by atoms with Gasteiger partial charge in [-0.1, -0.05) is 26.2 Å². The molecule has 1 aliphatic carbocycles. The standard InChI is InChI=1S/C14H28N2S/c1-2-17-12-6-10-16-11-9-15-13-14(16)7-4-3-5-8-14/h15H,2-13H2,1H3. The molecule has 1 N–H and O–H groups in total. The van der Waals surface area contributed by atoms with Gasteiger partial charge in [0.05, 0.1) is 0 Å². The Kier molecular flexibility index (Phi) is 5.64. The van der Waals surface area contributed by atoms with Crippen molar-refractivity contribution in [3.05, 3.63) is 0 Å². The van der Waals surface area contributed by atoms with Gasteiger partial charge in [-0.3, -0.25) is 4.90 Å². The van der Waals surface area contributed by atoms with Gasteiger partial charge in [-0.15, -0.1) is 0 Å². The number of nitrogens with zero attached hydrogens (tertiary/aromatic N) is 1. The smallest absolute Gasteiger partial charge is 0.0334 e. The summed E-state index contributed by atoms with van der Waals surface area (Å²) in [6, 6.07) is 0. The van der Waals surface area contributed by atoms with Crippen molar-refractivity contribution < 1.29 is 0 Å². The van der Waals surface area contributed by atoms with E-state index >= 15 is 0 Å². The lowest BCUT2D eigenvalue weighted by Gasteiger charge is -2.50. The van der Waals surface area contributed by atoms with E-state index in [9.17, 15) is 0 Å². The largest absolute Gasteiger partial charge is 0.314 e. The first kappa shape index (κ1) is 13.7. The highest BCUT2D eigenvalue weighted by molar-refractivity contribution is 7.99. The van der Waals surface area contributed by atoms with Gasteiger partial charge >= 0.3 is 0 Å². The Morgan fingerprint density at radius 1 is 1.24 bits per heavy atom. The summed E-state index contributed by atoms with van der Waals surface area (Å²) in [6.07, 6.45) is 8.59. The topological polar surface area (TPSA) is 15.3 Å². The number of hydrogen-bond acceptors (Lipinski definition) is 3. The Morgan fingerprint density at radius 3 is 2.82 bits per heavy atom. The molecule has 0 unspecified atom stereocenters. The van der Waals surface area contributed by atoms with Crippen LogP contribution in [0.4, 0.5) is 0 Å². The first-order valence-electron chi connectivity index (χ1n) is 7.41. The molecule has 2 fully saturated rings. The first-order valence-corrected chi connectivity index (χ1v) is 8.56. The number of nitrogens with one attached hydrogen (secondary N) is 1. The van der Waals surface area contributed by atoms with Gasteiger partial charge in [0, 0.05) is 25.2 Å². The molecule has 1 heterocycles. The molecular weight excluding hydrogens is 228 g/mol.